The van der Waals surface area contributed by atoms with Crippen LogP contribution in [0.25, 0.3) is 10.9 Å². The van der Waals surface area contributed by atoms with Gasteiger partial charge in [-0.15, -0.1) is 0 Å². The maximum Gasteiger partial charge on any atom is 0.256 e. The van der Waals surface area contributed by atoms with Gasteiger partial charge in [-0.25, -0.2) is 4.98 Å². The van der Waals surface area contributed by atoms with Crippen LogP contribution in [-0.2, 0) is 24.7 Å². The number of nitrogens with one attached hydrogen (secondary N) is 2. The molecule has 3 aromatic rings. The average Bonchev–Trinajstić information content (AvgIpc) is 2.94. The molecule has 0 atom stereocenters. The molecule has 0 saturated carbocycles. The van der Waals surface area contributed by atoms with E-state index in [4.69, 9.17) is 0 Å². The van der Waals surface area contributed by atoms with E-state index in [9.17, 15) is 9.59 Å². The van der Waals surface area contributed by atoms with Gasteiger partial charge in [0, 0.05) is 35.8 Å². The van der Waals surface area contributed by atoms with E-state index in [0.29, 0.717) is 23.6 Å². The Morgan fingerprint density at radius 1 is 1.18 bits per heavy atom. The van der Waals surface area contributed by atoms with Gasteiger partial charge in [-0.2, -0.15) is 0 Å². The Balaban J connectivity index is 1.69. The van der Waals surface area contributed by atoms with Crippen molar-refractivity contribution in [1.82, 2.24) is 19.9 Å². The summed E-state index contributed by atoms with van der Waals surface area (Å²) in [7, 11) is 1.69. The van der Waals surface area contributed by atoms with Crippen LogP contribution in [0, 0.1) is 34.6 Å². The molecule has 0 aliphatic rings. The number of fused-ring (bicyclic) bond motifs is 1. The fourth-order valence-electron chi connectivity index (χ4n) is 3.75. The highest BCUT2D eigenvalue weighted by Crippen LogP contribution is 2.26. The Bertz CT molecular complexity index is 1120. The Labute approximate surface area is 165 Å². The Morgan fingerprint density at radius 3 is 2.61 bits per heavy atom. The summed E-state index contributed by atoms with van der Waals surface area (Å²) in [6, 6.07) is 4.37. The molecule has 3 rings (SSSR count). The third-order valence-electron chi connectivity index (χ3n) is 5.44. The second-order valence-electron chi connectivity index (χ2n) is 7.60. The van der Waals surface area contributed by atoms with Gasteiger partial charge < -0.3 is 10.3 Å². The van der Waals surface area contributed by atoms with Gasteiger partial charge in [0.2, 0.25) is 5.91 Å². The van der Waals surface area contributed by atoms with Crippen LogP contribution in [0.15, 0.2) is 16.9 Å². The molecule has 0 bridgehead atoms. The number of amides is 1. The third kappa shape index (κ3) is 3.72. The largest absolute Gasteiger partial charge is 0.358 e. The molecule has 0 fully saturated rings. The Kier molecular flexibility index (Phi) is 5.40. The zero-order valence-electron chi connectivity index (χ0n) is 17.5. The van der Waals surface area contributed by atoms with Gasteiger partial charge in [0.1, 0.15) is 5.82 Å². The second-order valence-corrected chi connectivity index (χ2v) is 7.60. The van der Waals surface area contributed by atoms with Gasteiger partial charge in [-0.05, 0) is 58.2 Å². The van der Waals surface area contributed by atoms with Crippen molar-refractivity contribution in [2.24, 2.45) is 7.05 Å². The first kappa shape index (κ1) is 19.9. The molecule has 2 N–H and O–H groups in total. The molecule has 28 heavy (non-hydrogen) atoms. The number of benzene rings is 1. The van der Waals surface area contributed by atoms with Crippen LogP contribution < -0.4 is 10.9 Å². The van der Waals surface area contributed by atoms with Crippen molar-refractivity contribution in [2.75, 3.05) is 6.54 Å². The van der Waals surface area contributed by atoms with E-state index in [1.807, 2.05) is 0 Å². The topological polar surface area (TPSA) is 79.8 Å². The van der Waals surface area contributed by atoms with Crippen LogP contribution in [0.5, 0.6) is 0 Å². The first-order chi connectivity index (χ1) is 13.2. The number of H-pyrrole nitrogens is 1. The van der Waals surface area contributed by atoms with Crippen LogP contribution in [0.2, 0.25) is 0 Å². The number of carbonyl (C=O) groups excluding carboxylic acids is 1. The molecule has 6 heteroatoms. The van der Waals surface area contributed by atoms with E-state index in [1.165, 1.54) is 32.2 Å². The van der Waals surface area contributed by atoms with Crippen molar-refractivity contribution in [3.63, 3.8) is 0 Å². The van der Waals surface area contributed by atoms with Crippen LogP contribution in [0.4, 0.5) is 0 Å². The molecule has 1 aromatic carbocycles. The van der Waals surface area contributed by atoms with Gasteiger partial charge >= 0.3 is 0 Å². The molecule has 6 nitrogen and oxygen atoms in total. The minimum absolute atomic E-state index is 0.101. The highest BCUT2D eigenvalue weighted by molar-refractivity contribution is 5.88. The summed E-state index contributed by atoms with van der Waals surface area (Å²) >= 11 is 0. The molecule has 1 amide bonds. The molecule has 0 radical (unpaired) electrons. The SMILES string of the molecule is Cc1cc(C)c2[nH]c(C)c(CCNC(=O)Cc3nc(C)n(C)c(=O)c3C)c2c1. The van der Waals surface area contributed by atoms with Gasteiger partial charge in [-0.1, -0.05) is 11.6 Å². The van der Waals surface area contributed by atoms with E-state index in [2.05, 4.69) is 48.2 Å². The van der Waals surface area contributed by atoms with Crippen molar-refractivity contribution in [2.45, 2.75) is 47.5 Å². The van der Waals surface area contributed by atoms with Gasteiger partial charge in [0.05, 0.1) is 12.1 Å². The molecule has 2 heterocycles. The normalized spacial score (nSPS) is 11.2. The number of hydrogen-bond acceptors (Lipinski definition) is 3. The fourth-order valence-corrected chi connectivity index (χ4v) is 3.75. The quantitative estimate of drug-likeness (QED) is 0.714. The summed E-state index contributed by atoms with van der Waals surface area (Å²) in [6.07, 6.45) is 0.871. The molecular formula is C22H28N4O2. The maximum atomic E-state index is 12.4. The Morgan fingerprint density at radius 2 is 1.89 bits per heavy atom. The predicted octanol–water partition coefficient (Wildman–Crippen LogP) is 2.71. The molecule has 0 unspecified atom stereocenters. The molecule has 0 spiro atoms. The van der Waals surface area contributed by atoms with E-state index in [1.54, 1.807) is 20.9 Å². The van der Waals surface area contributed by atoms with Gasteiger partial charge in [-0.3, -0.25) is 14.2 Å². The Hall–Kier alpha value is -2.89. The minimum atomic E-state index is -0.117. The first-order valence-electron chi connectivity index (χ1n) is 9.57. The first-order valence-corrected chi connectivity index (χ1v) is 9.57. The standard InChI is InChI=1S/C22H28N4O2/c1-12-9-13(2)21-18(10-12)17(15(4)24-21)7-8-23-20(27)11-19-14(3)22(28)26(6)16(5)25-19/h9-10,24H,7-8,11H2,1-6H3,(H,23,27). The fraction of sp³-hybridized carbons (Fsp3) is 0.409. The van der Waals surface area contributed by atoms with Crippen molar-refractivity contribution in [3.8, 4) is 0 Å². The van der Waals surface area contributed by atoms with Crippen molar-refractivity contribution in [1.29, 1.82) is 0 Å². The highest BCUT2D eigenvalue weighted by Gasteiger charge is 2.14. The van der Waals surface area contributed by atoms with Crippen LogP contribution in [-0.4, -0.2) is 27.0 Å². The third-order valence-corrected chi connectivity index (χ3v) is 5.44. The number of rotatable bonds is 5. The number of nitrogens with zero attached hydrogens (tertiary/aromatic N) is 2. The summed E-state index contributed by atoms with van der Waals surface area (Å²) in [5.41, 5.74) is 6.98. The van der Waals surface area contributed by atoms with Crippen LogP contribution >= 0.6 is 0 Å². The second kappa shape index (κ2) is 7.62. The molecule has 0 aliphatic carbocycles. The van der Waals surface area contributed by atoms with Crippen LogP contribution in [0.1, 0.15) is 39.5 Å². The lowest BCUT2D eigenvalue weighted by Crippen LogP contribution is -2.31. The predicted molar refractivity (Wildman–Crippen MR) is 112 cm³/mol. The summed E-state index contributed by atoms with van der Waals surface area (Å²) in [5.74, 6) is 0.492. The smallest absolute Gasteiger partial charge is 0.256 e. The maximum absolute atomic E-state index is 12.4. The van der Waals surface area contributed by atoms with E-state index < -0.39 is 0 Å². The van der Waals surface area contributed by atoms with E-state index >= 15 is 0 Å². The van der Waals surface area contributed by atoms with Gasteiger partial charge in [0.25, 0.3) is 5.56 Å². The lowest BCUT2D eigenvalue weighted by Gasteiger charge is -2.10. The van der Waals surface area contributed by atoms with Crippen molar-refractivity contribution >= 4 is 16.8 Å². The minimum Gasteiger partial charge on any atom is -0.358 e. The van der Waals surface area contributed by atoms with E-state index in [-0.39, 0.29) is 17.9 Å². The zero-order chi connectivity index (χ0) is 20.6. The lowest BCUT2D eigenvalue weighted by atomic mass is 10.0. The number of aryl methyl sites for hydroxylation is 4. The van der Waals surface area contributed by atoms with Crippen molar-refractivity contribution in [3.05, 3.63) is 62.0 Å². The van der Waals surface area contributed by atoms with Gasteiger partial charge in [0.15, 0.2) is 0 Å². The average molecular weight is 380 g/mol. The summed E-state index contributed by atoms with van der Waals surface area (Å²) < 4.78 is 1.50. The summed E-state index contributed by atoms with van der Waals surface area (Å²) in [6.45, 7) is 10.3. The van der Waals surface area contributed by atoms with Crippen molar-refractivity contribution < 1.29 is 4.79 Å². The summed E-state index contributed by atoms with van der Waals surface area (Å²) in [4.78, 5) is 32.4. The summed E-state index contributed by atoms with van der Waals surface area (Å²) in [5, 5.41) is 4.20. The zero-order valence-corrected chi connectivity index (χ0v) is 17.5. The molecule has 0 aliphatic heterocycles. The number of carbonyl (C=O) groups is 1. The monoisotopic (exact) mass is 380 g/mol. The molecule has 2 aromatic heterocycles. The molecule has 148 valence electrons. The number of hydrogen-bond donors (Lipinski definition) is 2. The molecule has 0 saturated heterocycles. The van der Waals surface area contributed by atoms with E-state index in [0.717, 1.165) is 12.1 Å². The van der Waals surface area contributed by atoms with Crippen LogP contribution in [0.3, 0.4) is 0 Å². The molecular weight excluding hydrogens is 352 g/mol. The lowest BCUT2D eigenvalue weighted by molar-refractivity contribution is -0.120. The number of aromatic nitrogens is 3. The number of aromatic amines is 1. The highest BCUT2D eigenvalue weighted by atomic mass is 16.1.